The molecule has 1 aliphatic rings. The summed E-state index contributed by atoms with van der Waals surface area (Å²) in [4.78, 5) is 39.6. The predicted molar refractivity (Wildman–Crippen MR) is 89.0 cm³/mol. The molecule has 7 heteroatoms. The molecule has 24 heavy (non-hydrogen) atoms. The van der Waals surface area contributed by atoms with Crippen LogP contribution >= 0.6 is 11.3 Å². The van der Waals surface area contributed by atoms with Crippen molar-refractivity contribution in [2.45, 2.75) is 51.9 Å². The Labute approximate surface area is 145 Å². The number of ether oxygens (including phenoxy) is 2. The van der Waals surface area contributed by atoms with E-state index in [1.54, 1.807) is 19.2 Å². The van der Waals surface area contributed by atoms with Gasteiger partial charge in [0.25, 0.3) is 0 Å². The van der Waals surface area contributed by atoms with Crippen LogP contribution in [0.2, 0.25) is 0 Å². The minimum absolute atomic E-state index is 0.0294. The average molecular weight is 353 g/mol. The summed E-state index contributed by atoms with van der Waals surface area (Å²) in [6.45, 7) is 4.12. The van der Waals surface area contributed by atoms with Crippen LogP contribution in [0, 0.1) is 5.92 Å². The van der Waals surface area contributed by atoms with Gasteiger partial charge in [-0.2, -0.15) is 0 Å². The van der Waals surface area contributed by atoms with E-state index in [0.717, 1.165) is 30.7 Å². The highest BCUT2D eigenvalue weighted by molar-refractivity contribution is 7.09. The van der Waals surface area contributed by atoms with Crippen LogP contribution < -0.4 is 0 Å². The molecule has 0 amide bonds. The summed E-state index contributed by atoms with van der Waals surface area (Å²) < 4.78 is 9.78. The van der Waals surface area contributed by atoms with E-state index in [-0.39, 0.29) is 24.0 Å². The van der Waals surface area contributed by atoms with Gasteiger partial charge in [0.1, 0.15) is 12.2 Å². The van der Waals surface area contributed by atoms with Crippen molar-refractivity contribution in [1.82, 2.24) is 4.98 Å². The van der Waals surface area contributed by atoms with Crippen LogP contribution in [0.5, 0.6) is 0 Å². The minimum Gasteiger partial charge on any atom is -0.466 e. The fraction of sp³-hybridized carbons (Fsp3) is 0.647. The van der Waals surface area contributed by atoms with Gasteiger partial charge in [-0.3, -0.25) is 9.59 Å². The third-order valence-corrected chi connectivity index (χ3v) is 5.17. The van der Waals surface area contributed by atoms with Crippen LogP contribution in [-0.2, 0) is 19.1 Å². The minimum atomic E-state index is -0.441. The van der Waals surface area contributed by atoms with Crippen LogP contribution in [0.15, 0.2) is 5.38 Å². The molecule has 1 saturated carbocycles. The number of carbonyl (C=O) groups is 3. The van der Waals surface area contributed by atoms with E-state index in [1.807, 2.05) is 0 Å². The van der Waals surface area contributed by atoms with Crippen molar-refractivity contribution in [2.24, 2.45) is 5.92 Å². The molecule has 132 valence electrons. The van der Waals surface area contributed by atoms with Crippen LogP contribution in [0.1, 0.15) is 67.4 Å². The second-order valence-corrected chi connectivity index (χ2v) is 6.68. The highest BCUT2D eigenvalue weighted by Gasteiger charge is 2.30. The monoisotopic (exact) mass is 353 g/mol. The fourth-order valence-electron chi connectivity index (χ4n) is 2.93. The Bertz CT molecular complexity index is 590. The van der Waals surface area contributed by atoms with E-state index < -0.39 is 11.9 Å². The van der Waals surface area contributed by atoms with Crippen molar-refractivity contribution >= 4 is 29.1 Å². The van der Waals surface area contributed by atoms with E-state index in [1.165, 1.54) is 11.3 Å². The lowest BCUT2D eigenvalue weighted by molar-refractivity contribution is -0.146. The second kappa shape index (κ2) is 8.92. The highest BCUT2D eigenvalue weighted by Crippen LogP contribution is 2.37. The number of ketones is 1. The van der Waals surface area contributed by atoms with E-state index >= 15 is 0 Å². The lowest BCUT2D eigenvalue weighted by Crippen LogP contribution is -2.24. The summed E-state index contributed by atoms with van der Waals surface area (Å²) in [5.74, 6) is -0.667. The van der Waals surface area contributed by atoms with Crippen LogP contribution in [0.25, 0.3) is 0 Å². The predicted octanol–water partition coefficient (Wildman–Crippen LogP) is 3.12. The number of hydrogen-bond donors (Lipinski definition) is 0. The summed E-state index contributed by atoms with van der Waals surface area (Å²) in [5.41, 5.74) is 0.359. The van der Waals surface area contributed by atoms with Gasteiger partial charge in [0.05, 0.1) is 18.2 Å². The molecule has 1 aromatic rings. The number of aromatic nitrogens is 1. The molecule has 1 fully saturated rings. The van der Waals surface area contributed by atoms with Crippen molar-refractivity contribution in [3.8, 4) is 0 Å². The largest absolute Gasteiger partial charge is 0.466 e. The molecule has 6 nitrogen and oxygen atoms in total. The molecule has 0 radical (unpaired) electrons. The van der Waals surface area contributed by atoms with Gasteiger partial charge >= 0.3 is 11.9 Å². The Morgan fingerprint density at radius 1 is 1.12 bits per heavy atom. The molecule has 0 bridgehead atoms. The lowest BCUT2D eigenvalue weighted by atomic mass is 9.79. The molecule has 0 saturated heterocycles. The lowest BCUT2D eigenvalue weighted by Gasteiger charge is -2.26. The molecule has 0 N–H and O–H groups in total. The Hall–Kier alpha value is -1.76. The van der Waals surface area contributed by atoms with E-state index in [9.17, 15) is 14.4 Å². The normalized spacial score (nSPS) is 20.4. The van der Waals surface area contributed by atoms with Gasteiger partial charge in [0.2, 0.25) is 0 Å². The molecule has 0 atom stereocenters. The molecule has 1 aliphatic carbocycles. The maximum absolute atomic E-state index is 12.1. The number of carbonyl (C=O) groups excluding carboxylic acids is 3. The van der Waals surface area contributed by atoms with Crippen LogP contribution in [-0.4, -0.2) is 35.9 Å². The number of Topliss-reactive ketones (excluding diaryl/α,β-unsaturated/α-hetero) is 1. The molecule has 0 spiro atoms. The number of nitrogens with zero attached hydrogens (tertiary/aromatic N) is 1. The van der Waals surface area contributed by atoms with E-state index in [0.29, 0.717) is 18.9 Å². The van der Waals surface area contributed by atoms with E-state index in [4.69, 9.17) is 9.47 Å². The quantitative estimate of drug-likeness (QED) is 0.553. The summed E-state index contributed by atoms with van der Waals surface area (Å²) in [6, 6.07) is 0. The second-order valence-electron chi connectivity index (χ2n) is 5.79. The van der Waals surface area contributed by atoms with Crippen molar-refractivity contribution in [1.29, 1.82) is 0 Å². The molecule has 0 aromatic carbocycles. The third-order valence-electron chi connectivity index (χ3n) is 4.16. The maximum atomic E-state index is 12.1. The zero-order valence-corrected chi connectivity index (χ0v) is 14.9. The van der Waals surface area contributed by atoms with Crippen LogP contribution in [0.3, 0.4) is 0 Å². The number of esters is 2. The third kappa shape index (κ3) is 4.87. The zero-order valence-electron chi connectivity index (χ0n) is 14.1. The van der Waals surface area contributed by atoms with Gasteiger partial charge in [-0.15, -0.1) is 11.3 Å². The molecular weight excluding hydrogens is 330 g/mol. The molecule has 1 aromatic heterocycles. The summed E-state index contributed by atoms with van der Waals surface area (Å²) >= 11 is 1.47. The Morgan fingerprint density at radius 3 is 2.42 bits per heavy atom. The summed E-state index contributed by atoms with van der Waals surface area (Å²) in [6.07, 6.45) is 3.05. The number of rotatable bonds is 7. The van der Waals surface area contributed by atoms with Gasteiger partial charge in [-0.25, -0.2) is 9.78 Å². The maximum Gasteiger partial charge on any atom is 0.357 e. The van der Waals surface area contributed by atoms with Gasteiger partial charge < -0.3 is 9.47 Å². The first-order chi connectivity index (χ1) is 11.5. The van der Waals surface area contributed by atoms with Crippen molar-refractivity contribution in [2.75, 3.05) is 13.2 Å². The van der Waals surface area contributed by atoms with Gasteiger partial charge in [0.15, 0.2) is 5.69 Å². The Morgan fingerprint density at radius 2 is 1.79 bits per heavy atom. The Kier molecular flexibility index (Phi) is 6.90. The molecule has 0 aliphatic heterocycles. The molecule has 0 unspecified atom stereocenters. The average Bonchev–Trinajstić information content (AvgIpc) is 3.05. The molecule has 1 heterocycles. The first kappa shape index (κ1) is 18.6. The van der Waals surface area contributed by atoms with Crippen molar-refractivity contribution in [3.05, 3.63) is 16.1 Å². The van der Waals surface area contributed by atoms with Crippen molar-refractivity contribution in [3.63, 3.8) is 0 Å². The number of thiazole rings is 1. The first-order valence-corrected chi connectivity index (χ1v) is 9.24. The summed E-state index contributed by atoms with van der Waals surface area (Å²) in [5, 5.41) is 2.65. The smallest absolute Gasteiger partial charge is 0.357 e. The Balaban J connectivity index is 1.85. The van der Waals surface area contributed by atoms with Gasteiger partial charge in [-0.05, 0) is 39.5 Å². The van der Waals surface area contributed by atoms with Gasteiger partial charge in [-0.1, -0.05) is 0 Å². The summed E-state index contributed by atoms with van der Waals surface area (Å²) in [7, 11) is 0. The topological polar surface area (TPSA) is 82.6 Å². The van der Waals surface area contributed by atoms with Crippen molar-refractivity contribution < 1.29 is 23.9 Å². The highest BCUT2D eigenvalue weighted by atomic mass is 32.1. The van der Waals surface area contributed by atoms with Gasteiger partial charge in [0, 0.05) is 17.2 Å². The molecular formula is C17H23NO5S. The standard InChI is InChI=1S/C17H23NO5S/c1-3-22-15(20)9-14(19)11-5-7-12(8-6-11)16-18-13(10-24-16)17(21)23-4-2/h10-12H,3-9H2,1-2H3. The fourth-order valence-corrected chi connectivity index (χ4v) is 3.90. The molecule has 2 rings (SSSR count). The number of hydrogen-bond acceptors (Lipinski definition) is 7. The van der Waals surface area contributed by atoms with E-state index in [2.05, 4.69) is 4.98 Å². The first-order valence-electron chi connectivity index (χ1n) is 8.36. The zero-order chi connectivity index (χ0) is 17.5. The SMILES string of the molecule is CCOC(=O)CC(=O)C1CCC(c2nc(C(=O)OCC)cs2)CC1. The van der Waals surface area contributed by atoms with Crippen LogP contribution in [0.4, 0.5) is 0 Å².